The van der Waals surface area contributed by atoms with Crippen LogP contribution in [0.5, 0.6) is 0 Å². The Bertz CT molecular complexity index is 486. The third kappa shape index (κ3) is 3.04. The van der Waals surface area contributed by atoms with Gasteiger partial charge in [-0.1, -0.05) is 13.8 Å². The molecule has 2 N–H and O–H groups in total. The van der Waals surface area contributed by atoms with Gasteiger partial charge in [0.05, 0.1) is 16.3 Å². The minimum Gasteiger partial charge on any atom is -0.481 e. The molecule has 19 heavy (non-hydrogen) atoms. The molecule has 0 spiro atoms. The molecule has 0 aliphatic carbocycles. The zero-order valence-corrected chi connectivity index (χ0v) is 11.7. The third-order valence-electron chi connectivity index (χ3n) is 3.17. The van der Waals surface area contributed by atoms with E-state index in [2.05, 4.69) is 10.3 Å². The Morgan fingerprint density at radius 2 is 2.32 bits per heavy atom. The van der Waals surface area contributed by atoms with E-state index in [4.69, 9.17) is 5.11 Å². The molecule has 104 valence electrons. The monoisotopic (exact) mass is 283 g/mol. The number of likely N-dealkylation sites (tertiary alicyclic amines) is 1. The molecule has 1 atom stereocenters. The summed E-state index contributed by atoms with van der Waals surface area (Å²) in [5, 5.41) is 11.7. The van der Waals surface area contributed by atoms with Crippen molar-refractivity contribution in [2.45, 2.75) is 26.2 Å². The summed E-state index contributed by atoms with van der Waals surface area (Å²) in [7, 11) is 0. The average molecular weight is 283 g/mol. The average Bonchev–Trinajstić information content (AvgIpc) is 2.96. The zero-order chi connectivity index (χ0) is 14.0. The molecule has 0 radical (unpaired) electrons. The highest BCUT2D eigenvalue weighted by Crippen LogP contribution is 2.27. The van der Waals surface area contributed by atoms with Gasteiger partial charge in [-0.05, 0) is 12.3 Å². The van der Waals surface area contributed by atoms with E-state index < -0.39 is 11.9 Å². The van der Waals surface area contributed by atoms with Crippen LogP contribution in [0.2, 0.25) is 0 Å². The first-order valence-corrected chi connectivity index (χ1v) is 7.09. The molecule has 0 bridgehead atoms. The van der Waals surface area contributed by atoms with Crippen LogP contribution in [0.4, 0.5) is 10.6 Å². The number of urea groups is 1. The first-order chi connectivity index (χ1) is 8.99. The molecular formula is C12H17N3O3S. The molecule has 2 amide bonds. The number of nitrogens with zero attached hydrogens (tertiary/aromatic N) is 2. The van der Waals surface area contributed by atoms with Gasteiger partial charge in [-0.2, -0.15) is 0 Å². The number of nitrogens with one attached hydrogen (secondary N) is 1. The molecule has 1 aromatic heterocycles. The Balaban J connectivity index is 1.98. The molecule has 1 saturated heterocycles. The van der Waals surface area contributed by atoms with Crippen LogP contribution in [-0.4, -0.2) is 40.1 Å². The van der Waals surface area contributed by atoms with Crippen LogP contribution in [0, 0.1) is 5.92 Å². The predicted molar refractivity (Wildman–Crippen MR) is 72.5 cm³/mol. The number of carbonyl (C=O) groups is 2. The Kier molecular flexibility index (Phi) is 4.04. The number of anilines is 1. The summed E-state index contributed by atoms with van der Waals surface area (Å²) in [5.41, 5.74) is 1.70. The Morgan fingerprint density at radius 1 is 1.58 bits per heavy atom. The lowest BCUT2D eigenvalue weighted by atomic mass is 10.1. The van der Waals surface area contributed by atoms with E-state index in [9.17, 15) is 9.59 Å². The van der Waals surface area contributed by atoms with Crippen LogP contribution < -0.4 is 5.32 Å². The van der Waals surface area contributed by atoms with E-state index >= 15 is 0 Å². The van der Waals surface area contributed by atoms with Crippen molar-refractivity contribution in [3.8, 4) is 0 Å². The molecule has 7 heteroatoms. The summed E-state index contributed by atoms with van der Waals surface area (Å²) in [4.78, 5) is 29.6. The molecule has 1 unspecified atom stereocenters. The standard InChI is InChI=1S/C12H17N3O3S/c1-7(2)9-10(13-6-19-9)14-12(18)15-4-3-8(5-15)11(16)17/h6-8H,3-5H2,1-2H3,(H,14,18)(H,16,17). The van der Waals surface area contributed by atoms with Crippen molar-refractivity contribution in [1.29, 1.82) is 0 Å². The fraction of sp³-hybridized carbons (Fsp3) is 0.583. The zero-order valence-electron chi connectivity index (χ0n) is 10.9. The minimum atomic E-state index is -0.841. The fourth-order valence-electron chi connectivity index (χ4n) is 2.09. The maximum absolute atomic E-state index is 12.0. The molecule has 1 aliphatic heterocycles. The van der Waals surface area contributed by atoms with Gasteiger partial charge in [-0.15, -0.1) is 11.3 Å². The summed E-state index contributed by atoms with van der Waals surface area (Å²) in [6, 6.07) is -0.267. The van der Waals surface area contributed by atoms with Gasteiger partial charge in [0.25, 0.3) is 0 Å². The first-order valence-electron chi connectivity index (χ1n) is 6.21. The van der Waals surface area contributed by atoms with Gasteiger partial charge in [-0.25, -0.2) is 9.78 Å². The number of thiazole rings is 1. The molecule has 1 fully saturated rings. The topological polar surface area (TPSA) is 82.5 Å². The van der Waals surface area contributed by atoms with Gasteiger partial charge in [-0.3, -0.25) is 10.1 Å². The van der Waals surface area contributed by atoms with Crippen molar-refractivity contribution >= 4 is 29.2 Å². The third-order valence-corrected chi connectivity index (χ3v) is 4.30. The van der Waals surface area contributed by atoms with E-state index in [1.54, 1.807) is 5.51 Å². The summed E-state index contributed by atoms with van der Waals surface area (Å²) < 4.78 is 0. The largest absolute Gasteiger partial charge is 0.481 e. The van der Waals surface area contributed by atoms with E-state index in [0.29, 0.717) is 24.7 Å². The van der Waals surface area contributed by atoms with Crippen molar-refractivity contribution in [2.75, 3.05) is 18.4 Å². The maximum atomic E-state index is 12.0. The smallest absolute Gasteiger partial charge is 0.323 e. The van der Waals surface area contributed by atoms with Crippen LogP contribution in [-0.2, 0) is 4.79 Å². The number of rotatable bonds is 3. The van der Waals surface area contributed by atoms with Gasteiger partial charge < -0.3 is 10.0 Å². The summed E-state index contributed by atoms with van der Waals surface area (Å²) >= 11 is 1.51. The molecule has 6 nitrogen and oxygen atoms in total. The number of amides is 2. The molecule has 0 saturated carbocycles. The van der Waals surface area contributed by atoms with E-state index in [-0.39, 0.29) is 12.6 Å². The number of aliphatic carboxylic acids is 1. The van der Waals surface area contributed by atoms with E-state index in [1.165, 1.54) is 16.2 Å². The minimum absolute atomic E-state index is 0.266. The number of aromatic nitrogens is 1. The number of carboxylic acid groups (broad SMARTS) is 1. The van der Waals surface area contributed by atoms with Gasteiger partial charge in [0.1, 0.15) is 5.82 Å². The number of carboxylic acids is 1. The molecular weight excluding hydrogens is 266 g/mol. The number of carbonyl (C=O) groups excluding carboxylic acids is 1. The van der Waals surface area contributed by atoms with Crippen molar-refractivity contribution in [3.05, 3.63) is 10.4 Å². The highest BCUT2D eigenvalue weighted by molar-refractivity contribution is 7.10. The van der Waals surface area contributed by atoms with Crippen LogP contribution >= 0.6 is 11.3 Å². The summed E-state index contributed by atoms with van der Waals surface area (Å²) in [6.45, 7) is 4.82. The SMILES string of the molecule is CC(C)c1scnc1NC(=O)N1CCC(C(=O)O)C1. The van der Waals surface area contributed by atoms with Crippen LogP contribution in [0.25, 0.3) is 0 Å². The lowest BCUT2D eigenvalue weighted by molar-refractivity contribution is -0.141. The lowest BCUT2D eigenvalue weighted by Gasteiger charge is -2.16. The summed E-state index contributed by atoms with van der Waals surface area (Å²) in [6.07, 6.45) is 0.511. The van der Waals surface area contributed by atoms with Crippen molar-refractivity contribution in [3.63, 3.8) is 0 Å². The highest BCUT2D eigenvalue weighted by atomic mass is 32.1. The van der Waals surface area contributed by atoms with E-state index in [0.717, 1.165) is 4.88 Å². The normalized spacial score (nSPS) is 18.9. The molecule has 1 aromatic rings. The van der Waals surface area contributed by atoms with Gasteiger partial charge >= 0.3 is 12.0 Å². The summed E-state index contributed by atoms with van der Waals surface area (Å²) in [5.74, 6) is -0.408. The highest BCUT2D eigenvalue weighted by Gasteiger charge is 2.31. The Labute approximate surface area is 115 Å². The first kappa shape index (κ1) is 13.8. The molecule has 1 aliphatic rings. The predicted octanol–water partition coefficient (Wildman–Crippen LogP) is 2.20. The van der Waals surface area contributed by atoms with Crippen molar-refractivity contribution in [1.82, 2.24) is 9.88 Å². The number of hydrogen-bond donors (Lipinski definition) is 2. The lowest BCUT2D eigenvalue weighted by Crippen LogP contribution is -2.34. The molecule has 2 heterocycles. The van der Waals surface area contributed by atoms with Gasteiger partial charge in [0.15, 0.2) is 0 Å². The van der Waals surface area contributed by atoms with Crippen molar-refractivity contribution < 1.29 is 14.7 Å². The van der Waals surface area contributed by atoms with Crippen LogP contribution in [0.1, 0.15) is 31.1 Å². The quantitative estimate of drug-likeness (QED) is 0.891. The van der Waals surface area contributed by atoms with Gasteiger partial charge in [0.2, 0.25) is 0 Å². The Hall–Kier alpha value is -1.63. The maximum Gasteiger partial charge on any atom is 0.323 e. The van der Waals surface area contributed by atoms with Gasteiger partial charge in [0, 0.05) is 13.1 Å². The fourth-order valence-corrected chi connectivity index (χ4v) is 2.84. The van der Waals surface area contributed by atoms with E-state index in [1.807, 2.05) is 13.8 Å². The second-order valence-corrected chi connectivity index (χ2v) is 5.81. The van der Waals surface area contributed by atoms with Crippen molar-refractivity contribution in [2.24, 2.45) is 5.92 Å². The Morgan fingerprint density at radius 3 is 2.89 bits per heavy atom. The second kappa shape index (κ2) is 5.56. The van der Waals surface area contributed by atoms with Crippen LogP contribution in [0.3, 0.4) is 0 Å². The number of hydrogen-bond acceptors (Lipinski definition) is 4. The van der Waals surface area contributed by atoms with Crippen LogP contribution in [0.15, 0.2) is 5.51 Å². The second-order valence-electron chi connectivity index (χ2n) is 4.92. The molecule has 2 rings (SSSR count). The molecule has 0 aromatic carbocycles.